The van der Waals surface area contributed by atoms with Crippen LogP contribution in [-0.2, 0) is 16.6 Å². The molecule has 1 saturated carbocycles. The topological polar surface area (TPSA) is 29.1 Å². The Morgan fingerprint density at radius 2 is 1.62 bits per heavy atom. The van der Waals surface area contributed by atoms with Crippen molar-refractivity contribution in [2.45, 2.75) is 56.4 Å². The number of fused-ring (bicyclic) bond motifs is 2. The molecular formula is C22H25NO. The number of aryl methyl sites for hydroxylation is 1. The molecule has 1 aliphatic heterocycles. The van der Waals surface area contributed by atoms with E-state index >= 15 is 0 Å². The molecule has 0 bridgehead atoms. The first-order chi connectivity index (χ1) is 11.6. The van der Waals surface area contributed by atoms with Crippen LogP contribution in [0.15, 0.2) is 54.6 Å². The Morgan fingerprint density at radius 3 is 2.38 bits per heavy atom. The number of carbonyl (C=O) groups is 1. The van der Waals surface area contributed by atoms with Gasteiger partial charge in [-0.1, -0.05) is 48.5 Å². The fourth-order valence-electron chi connectivity index (χ4n) is 4.84. The minimum Gasteiger partial charge on any atom is -0.379 e. The zero-order valence-corrected chi connectivity index (χ0v) is 14.3. The Bertz CT molecular complexity index is 742. The molecule has 2 heteroatoms. The number of hydrogen-bond donors (Lipinski definition) is 1. The standard InChI is InChI=1S/C22H25NO/c1-21(14-11-17-7-3-2-4-8-17)22(15-12-18(24)13-16-22)19-9-5-6-10-20(19)23-21/h2-10,23H,11-16H2,1H3. The zero-order chi connectivity index (χ0) is 16.6. The molecule has 2 aromatic rings. The fraction of sp³-hybridized carbons (Fsp3) is 0.409. The summed E-state index contributed by atoms with van der Waals surface area (Å²) in [5, 5.41) is 3.85. The second kappa shape index (κ2) is 5.77. The number of anilines is 1. The van der Waals surface area contributed by atoms with E-state index in [1.165, 1.54) is 16.8 Å². The third kappa shape index (κ3) is 2.36. The van der Waals surface area contributed by atoms with Crippen LogP contribution in [0.3, 0.4) is 0 Å². The van der Waals surface area contributed by atoms with Crippen molar-refractivity contribution in [3.63, 3.8) is 0 Å². The molecule has 1 aliphatic carbocycles. The summed E-state index contributed by atoms with van der Waals surface area (Å²) in [6, 6.07) is 19.4. The molecule has 24 heavy (non-hydrogen) atoms. The van der Waals surface area contributed by atoms with Gasteiger partial charge >= 0.3 is 0 Å². The van der Waals surface area contributed by atoms with Crippen LogP contribution >= 0.6 is 0 Å². The number of benzene rings is 2. The summed E-state index contributed by atoms with van der Waals surface area (Å²) in [7, 11) is 0. The predicted molar refractivity (Wildman–Crippen MR) is 98.4 cm³/mol. The van der Waals surface area contributed by atoms with Crippen LogP contribution in [0.2, 0.25) is 0 Å². The van der Waals surface area contributed by atoms with E-state index in [0.717, 1.165) is 38.5 Å². The normalized spacial score (nSPS) is 24.6. The first-order valence-corrected chi connectivity index (χ1v) is 9.06. The zero-order valence-electron chi connectivity index (χ0n) is 14.3. The van der Waals surface area contributed by atoms with Crippen LogP contribution in [0.5, 0.6) is 0 Å². The molecular weight excluding hydrogens is 294 g/mol. The molecule has 1 spiro atoms. The lowest BCUT2D eigenvalue weighted by atomic mass is 9.59. The molecule has 2 aliphatic rings. The molecule has 1 unspecified atom stereocenters. The van der Waals surface area contributed by atoms with Gasteiger partial charge in [-0.05, 0) is 49.8 Å². The minimum absolute atomic E-state index is 0.00717. The highest BCUT2D eigenvalue weighted by Gasteiger charge is 2.55. The third-order valence-corrected chi connectivity index (χ3v) is 6.33. The van der Waals surface area contributed by atoms with Gasteiger partial charge in [-0.3, -0.25) is 4.79 Å². The van der Waals surface area contributed by atoms with Gasteiger partial charge in [0, 0.05) is 29.5 Å². The van der Waals surface area contributed by atoms with E-state index in [4.69, 9.17) is 0 Å². The molecule has 0 aromatic heterocycles. The van der Waals surface area contributed by atoms with Crippen molar-refractivity contribution in [3.05, 3.63) is 65.7 Å². The quantitative estimate of drug-likeness (QED) is 0.873. The van der Waals surface area contributed by atoms with Crippen LogP contribution < -0.4 is 5.32 Å². The molecule has 124 valence electrons. The van der Waals surface area contributed by atoms with Gasteiger partial charge in [0.15, 0.2) is 0 Å². The molecule has 4 rings (SSSR count). The average Bonchev–Trinajstić information content (AvgIpc) is 2.86. The van der Waals surface area contributed by atoms with Gasteiger partial charge in [0.1, 0.15) is 5.78 Å². The van der Waals surface area contributed by atoms with Gasteiger partial charge in [0.25, 0.3) is 0 Å². The second-order valence-electron chi connectivity index (χ2n) is 7.61. The van der Waals surface area contributed by atoms with Crippen molar-refractivity contribution in [1.82, 2.24) is 0 Å². The number of nitrogens with one attached hydrogen (secondary N) is 1. The Labute approximate surface area is 144 Å². The smallest absolute Gasteiger partial charge is 0.132 e. The fourth-order valence-corrected chi connectivity index (χ4v) is 4.84. The van der Waals surface area contributed by atoms with E-state index < -0.39 is 0 Å². The Kier molecular flexibility index (Phi) is 3.71. The molecule has 0 saturated heterocycles. The predicted octanol–water partition coefficient (Wildman–Crippen LogP) is 4.88. The minimum atomic E-state index is 0.00717. The van der Waals surface area contributed by atoms with Crippen LogP contribution in [0.1, 0.15) is 50.2 Å². The molecule has 2 nitrogen and oxygen atoms in total. The molecule has 0 amide bonds. The van der Waals surface area contributed by atoms with Gasteiger partial charge in [-0.2, -0.15) is 0 Å². The van der Waals surface area contributed by atoms with Crippen molar-refractivity contribution in [2.24, 2.45) is 0 Å². The first-order valence-electron chi connectivity index (χ1n) is 9.06. The highest BCUT2D eigenvalue weighted by atomic mass is 16.1. The second-order valence-corrected chi connectivity index (χ2v) is 7.61. The molecule has 0 radical (unpaired) electrons. The van der Waals surface area contributed by atoms with Crippen LogP contribution in [0, 0.1) is 0 Å². The summed E-state index contributed by atoms with van der Waals surface area (Å²) in [4.78, 5) is 11.9. The SMILES string of the molecule is CC1(CCc2ccccc2)Nc2ccccc2C12CCC(=O)CC2. The first kappa shape index (κ1) is 15.4. The van der Waals surface area contributed by atoms with Crippen LogP contribution in [0.4, 0.5) is 5.69 Å². The monoisotopic (exact) mass is 319 g/mol. The molecule has 1 fully saturated rings. The molecule has 1 atom stereocenters. The lowest BCUT2D eigenvalue weighted by Gasteiger charge is -2.46. The van der Waals surface area contributed by atoms with Crippen molar-refractivity contribution in [2.75, 3.05) is 5.32 Å². The number of rotatable bonds is 3. The number of Topliss-reactive ketones (excluding diaryl/α,β-unsaturated/α-hetero) is 1. The number of para-hydroxylation sites is 1. The van der Waals surface area contributed by atoms with E-state index in [1.54, 1.807) is 0 Å². The summed E-state index contributed by atoms with van der Waals surface area (Å²) in [5.41, 5.74) is 4.17. The maximum Gasteiger partial charge on any atom is 0.132 e. The Balaban J connectivity index is 1.67. The van der Waals surface area contributed by atoms with Gasteiger partial charge in [0.2, 0.25) is 0 Å². The van der Waals surface area contributed by atoms with E-state index in [0.29, 0.717) is 5.78 Å². The Hall–Kier alpha value is -2.09. The Morgan fingerprint density at radius 1 is 0.958 bits per heavy atom. The highest BCUT2D eigenvalue weighted by Crippen LogP contribution is 2.56. The third-order valence-electron chi connectivity index (χ3n) is 6.33. The summed E-state index contributed by atoms with van der Waals surface area (Å²) >= 11 is 0. The summed E-state index contributed by atoms with van der Waals surface area (Å²) in [6.45, 7) is 2.37. The van der Waals surface area contributed by atoms with E-state index in [1.807, 2.05) is 0 Å². The van der Waals surface area contributed by atoms with E-state index in [9.17, 15) is 4.79 Å². The summed E-state index contributed by atoms with van der Waals surface area (Å²) in [6.07, 6.45) is 5.53. The number of carbonyl (C=O) groups excluding carboxylic acids is 1. The van der Waals surface area contributed by atoms with Crippen molar-refractivity contribution in [1.29, 1.82) is 0 Å². The molecule has 2 aromatic carbocycles. The highest BCUT2D eigenvalue weighted by molar-refractivity contribution is 5.81. The van der Waals surface area contributed by atoms with Gasteiger partial charge < -0.3 is 5.32 Å². The molecule has 1 heterocycles. The van der Waals surface area contributed by atoms with Gasteiger partial charge in [0.05, 0.1) is 0 Å². The lowest BCUT2D eigenvalue weighted by Crippen LogP contribution is -2.52. The number of hydrogen-bond acceptors (Lipinski definition) is 2. The van der Waals surface area contributed by atoms with Crippen LogP contribution in [0.25, 0.3) is 0 Å². The van der Waals surface area contributed by atoms with Crippen molar-refractivity contribution < 1.29 is 4.79 Å². The van der Waals surface area contributed by atoms with E-state index in [2.05, 4.69) is 66.8 Å². The maximum absolute atomic E-state index is 11.9. The van der Waals surface area contributed by atoms with Crippen molar-refractivity contribution in [3.8, 4) is 0 Å². The lowest BCUT2D eigenvalue weighted by molar-refractivity contribution is -0.121. The average molecular weight is 319 g/mol. The number of ketones is 1. The van der Waals surface area contributed by atoms with Crippen LogP contribution in [-0.4, -0.2) is 11.3 Å². The summed E-state index contributed by atoms with van der Waals surface area (Å²) in [5.74, 6) is 0.426. The van der Waals surface area contributed by atoms with Gasteiger partial charge in [-0.15, -0.1) is 0 Å². The van der Waals surface area contributed by atoms with Gasteiger partial charge in [-0.25, -0.2) is 0 Å². The van der Waals surface area contributed by atoms with Crippen molar-refractivity contribution >= 4 is 11.5 Å². The largest absolute Gasteiger partial charge is 0.379 e. The maximum atomic E-state index is 11.9. The molecule has 1 N–H and O–H groups in total. The van der Waals surface area contributed by atoms with E-state index in [-0.39, 0.29) is 11.0 Å². The summed E-state index contributed by atoms with van der Waals surface area (Å²) < 4.78 is 0.